The van der Waals surface area contributed by atoms with Gasteiger partial charge in [-0.1, -0.05) is 6.07 Å². The first-order valence-electron chi connectivity index (χ1n) is 10.5. The number of halogens is 1. The van der Waals surface area contributed by atoms with Crippen LogP contribution in [0.4, 0.5) is 9.18 Å². The average molecular weight is 420 g/mol. The molecule has 0 unspecified atom stereocenters. The molecule has 3 aliphatic heterocycles. The molecule has 1 aromatic carbocycles. The molecule has 30 heavy (non-hydrogen) atoms. The normalized spacial score (nSPS) is 27.2. The van der Waals surface area contributed by atoms with Crippen molar-refractivity contribution in [2.24, 2.45) is 0 Å². The van der Waals surface area contributed by atoms with Gasteiger partial charge in [0.2, 0.25) is 0 Å². The number of morpholine rings is 1. The van der Waals surface area contributed by atoms with E-state index in [9.17, 15) is 9.59 Å². The Hall–Kier alpha value is -2.19. The van der Waals surface area contributed by atoms with E-state index in [1.807, 2.05) is 20.8 Å². The van der Waals surface area contributed by atoms with E-state index >= 15 is 4.39 Å². The van der Waals surface area contributed by atoms with Crippen molar-refractivity contribution in [1.82, 2.24) is 9.80 Å². The third kappa shape index (κ3) is 4.16. The minimum atomic E-state index is -0.531. The summed E-state index contributed by atoms with van der Waals surface area (Å²) in [5.41, 5.74) is 0.658. The van der Waals surface area contributed by atoms with Crippen LogP contribution in [0.25, 0.3) is 0 Å². The molecule has 3 heterocycles. The van der Waals surface area contributed by atoms with Crippen molar-refractivity contribution in [3.8, 4) is 0 Å². The topological polar surface area (TPSA) is 68.3 Å². The smallest absolute Gasteiger partial charge is 0.410 e. The summed E-state index contributed by atoms with van der Waals surface area (Å²) in [6.45, 7) is 10.0. The summed E-state index contributed by atoms with van der Waals surface area (Å²) in [6.07, 6.45) is -0.698. The number of cyclic esters (lactones) is 1. The zero-order chi connectivity index (χ0) is 21.6. The molecule has 8 heteroatoms. The van der Waals surface area contributed by atoms with E-state index in [2.05, 4.69) is 4.90 Å². The number of hydrogen-bond donors (Lipinski definition) is 0. The van der Waals surface area contributed by atoms with Gasteiger partial charge in [0, 0.05) is 43.7 Å². The Labute approximate surface area is 176 Å². The van der Waals surface area contributed by atoms with Gasteiger partial charge in [0.15, 0.2) is 0 Å². The van der Waals surface area contributed by atoms with Gasteiger partial charge in [0.05, 0.1) is 24.3 Å². The molecule has 0 aliphatic carbocycles. The Balaban J connectivity index is 1.44. The van der Waals surface area contributed by atoms with Crippen molar-refractivity contribution < 1.29 is 28.2 Å². The van der Waals surface area contributed by atoms with E-state index in [0.29, 0.717) is 55.9 Å². The number of benzene rings is 1. The van der Waals surface area contributed by atoms with Gasteiger partial charge in [0.1, 0.15) is 17.5 Å². The van der Waals surface area contributed by atoms with Gasteiger partial charge in [0.25, 0.3) is 0 Å². The quantitative estimate of drug-likeness (QED) is 0.651. The molecule has 1 amide bonds. The molecule has 2 saturated heterocycles. The molecule has 0 spiro atoms. The third-order valence-electron chi connectivity index (χ3n) is 5.79. The number of rotatable bonds is 1. The Bertz CT molecular complexity index is 853. The van der Waals surface area contributed by atoms with Crippen LogP contribution >= 0.6 is 0 Å². The zero-order valence-electron chi connectivity index (χ0n) is 17.9. The number of piperazine rings is 1. The Kier molecular flexibility index (Phi) is 5.48. The maximum absolute atomic E-state index is 15.3. The molecule has 1 aromatic rings. The summed E-state index contributed by atoms with van der Waals surface area (Å²) >= 11 is 0. The second kappa shape index (κ2) is 7.81. The van der Waals surface area contributed by atoms with Crippen molar-refractivity contribution in [2.75, 3.05) is 32.8 Å². The van der Waals surface area contributed by atoms with Crippen LogP contribution in [0.1, 0.15) is 55.3 Å². The fourth-order valence-electron chi connectivity index (χ4n) is 4.32. The molecule has 164 valence electrons. The maximum atomic E-state index is 15.3. The SMILES string of the molecule is C[C@H]1Cc2c(ccc([C@H]3CN4CCN(C(=O)OC(C)(C)C)C[C@@H]4CO3)c2F)C(=O)O1. The van der Waals surface area contributed by atoms with Gasteiger partial charge in [-0.15, -0.1) is 0 Å². The molecule has 3 aliphatic rings. The zero-order valence-corrected chi connectivity index (χ0v) is 17.9. The Morgan fingerprint density at radius 1 is 1.23 bits per heavy atom. The standard InChI is InChI=1S/C22H29FN2O5/c1-13-9-17-15(20(26)29-13)5-6-16(19(17)23)18-11-24-7-8-25(10-14(24)12-28-18)21(27)30-22(2,3)4/h5-6,13-14,18H,7-12H2,1-4H3/t13-,14+,18+/m0/s1. The van der Waals surface area contributed by atoms with Crippen LogP contribution in [0.15, 0.2) is 12.1 Å². The lowest BCUT2D eigenvalue weighted by atomic mass is 9.93. The second-order valence-corrected chi connectivity index (χ2v) is 9.31. The molecule has 0 saturated carbocycles. The maximum Gasteiger partial charge on any atom is 0.410 e. The first-order valence-corrected chi connectivity index (χ1v) is 10.5. The van der Waals surface area contributed by atoms with E-state index in [-0.39, 0.29) is 24.1 Å². The minimum Gasteiger partial charge on any atom is -0.459 e. The molecule has 0 bridgehead atoms. The van der Waals surface area contributed by atoms with Gasteiger partial charge in [-0.05, 0) is 33.8 Å². The molecule has 7 nitrogen and oxygen atoms in total. The number of esters is 1. The predicted molar refractivity (Wildman–Crippen MR) is 107 cm³/mol. The highest BCUT2D eigenvalue weighted by atomic mass is 19.1. The molecule has 2 fully saturated rings. The van der Waals surface area contributed by atoms with Crippen LogP contribution < -0.4 is 0 Å². The molecule has 3 atom stereocenters. The summed E-state index contributed by atoms with van der Waals surface area (Å²) in [7, 11) is 0. The van der Waals surface area contributed by atoms with Crippen LogP contribution in [0.2, 0.25) is 0 Å². The average Bonchev–Trinajstić information content (AvgIpc) is 2.66. The highest BCUT2D eigenvalue weighted by molar-refractivity contribution is 5.92. The molecular formula is C22H29FN2O5. The summed E-state index contributed by atoms with van der Waals surface area (Å²) in [4.78, 5) is 28.3. The highest BCUT2D eigenvalue weighted by Gasteiger charge is 2.38. The number of amides is 1. The van der Waals surface area contributed by atoms with E-state index in [1.165, 1.54) is 0 Å². The number of nitrogens with zero attached hydrogens (tertiary/aromatic N) is 2. The lowest BCUT2D eigenvalue weighted by Crippen LogP contribution is -2.60. The van der Waals surface area contributed by atoms with Crippen molar-refractivity contribution in [3.63, 3.8) is 0 Å². The lowest BCUT2D eigenvalue weighted by molar-refractivity contribution is -0.0916. The lowest BCUT2D eigenvalue weighted by Gasteiger charge is -2.46. The van der Waals surface area contributed by atoms with Crippen molar-refractivity contribution in [3.05, 3.63) is 34.6 Å². The van der Waals surface area contributed by atoms with Gasteiger partial charge in [-0.2, -0.15) is 0 Å². The summed E-state index contributed by atoms with van der Waals surface area (Å²) in [6, 6.07) is 3.32. The summed E-state index contributed by atoms with van der Waals surface area (Å²) in [5, 5.41) is 0. The van der Waals surface area contributed by atoms with Gasteiger partial charge >= 0.3 is 12.1 Å². The number of carbonyl (C=O) groups excluding carboxylic acids is 2. The Morgan fingerprint density at radius 3 is 2.73 bits per heavy atom. The largest absolute Gasteiger partial charge is 0.459 e. The minimum absolute atomic E-state index is 0.0539. The first kappa shape index (κ1) is 21.1. The highest BCUT2D eigenvalue weighted by Crippen LogP contribution is 2.33. The number of fused-ring (bicyclic) bond motifs is 2. The van der Waals surface area contributed by atoms with Crippen LogP contribution in [0.5, 0.6) is 0 Å². The Morgan fingerprint density at radius 2 is 2.00 bits per heavy atom. The number of hydrogen-bond acceptors (Lipinski definition) is 6. The number of carbonyl (C=O) groups is 2. The number of ether oxygens (including phenoxy) is 3. The van der Waals surface area contributed by atoms with Crippen molar-refractivity contribution >= 4 is 12.1 Å². The van der Waals surface area contributed by atoms with Crippen molar-refractivity contribution in [2.45, 2.75) is 58.0 Å². The molecule has 0 aromatic heterocycles. The fourth-order valence-corrected chi connectivity index (χ4v) is 4.32. The predicted octanol–water partition coefficient (Wildman–Crippen LogP) is 2.92. The molecule has 4 rings (SSSR count). The monoisotopic (exact) mass is 420 g/mol. The van der Waals surface area contributed by atoms with Crippen LogP contribution in [0.3, 0.4) is 0 Å². The third-order valence-corrected chi connectivity index (χ3v) is 5.79. The first-order chi connectivity index (χ1) is 14.1. The molecule has 0 N–H and O–H groups in total. The summed E-state index contributed by atoms with van der Waals surface area (Å²) in [5.74, 6) is -0.844. The second-order valence-electron chi connectivity index (χ2n) is 9.31. The summed E-state index contributed by atoms with van der Waals surface area (Å²) < 4.78 is 31.9. The van der Waals surface area contributed by atoms with E-state index in [1.54, 1.807) is 24.0 Å². The molecular weight excluding hydrogens is 391 g/mol. The van der Waals surface area contributed by atoms with Crippen LogP contribution in [0, 0.1) is 5.82 Å². The van der Waals surface area contributed by atoms with Crippen LogP contribution in [-0.4, -0.2) is 72.4 Å². The molecule has 0 radical (unpaired) electrons. The van der Waals surface area contributed by atoms with Crippen LogP contribution in [-0.2, 0) is 20.6 Å². The van der Waals surface area contributed by atoms with Crippen molar-refractivity contribution in [1.29, 1.82) is 0 Å². The van der Waals surface area contributed by atoms with Gasteiger partial charge in [-0.25, -0.2) is 14.0 Å². The van der Waals surface area contributed by atoms with E-state index in [4.69, 9.17) is 14.2 Å². The van der Waals surface area contributed by atoms with Gasteiger partial charge < -0.3 is 19.1 Å². The van der Waals surface area contributed by atoms with E-state index < -0.39 is 17.7 Å². The fraction of sp³-hybridized carbons (Fsp3) is 0.636. The van der Waals surface area contributed by atoms with E-state index in [0.717, 1.165) is 0 Å². The van der Waals surface area contributed by atoms with Gasteiger partial charge in [-0.3, -0.25) is 4.90 Å².